The van der Waals surface area contributed by atoms with E-state index in [-0.39, 0.29) is 10.3 Å². The fourth-order valence-corrected chi connectivity index (χ4v) is 3.94. The molecule has 7 nitrogen and oxygen atoms in total. The molecule has 27 heavy (non-hydrogen) atoms. The van der Waals surface area contributed by atoms with Gasteiger partial charge in [0.05, 0.1) is 10.2 Å². The molecule has 0 radical (unpaired) electrons. The molecule has 0 spiro atoms. The summed E-state index contributed by atoms with van der Waals surface area (Å²) in [4.78, 5) is 12.2. The lowest BCUT2D eigenvalue weighted by Crippen LogP contribution is -2.16. The third-order valence-corrected chi connectivity index (χ3v) is 5.76. The second-order valence-electron chi connectivity index (χ2n) is 7.10. The zero-order valence-corrected chi connectivity index (χ0v) is 16.3. The monoisotopic (exact) mass is 436 g/mol. The van der Waals surface area contributed by atoms with Gasteiger partial charge in [-0.15, -0.1) is 0 Å². The lowest BCUT2D eigenvalue weighted by atomic mass is 9.81. The Morgan fingerprint density at radius 2 is 2.00 bits per heavy atom. The van der Waals surface area contributed by atoms with Gasteiger partial charge in [0, 0.05) is 0 Å². The molecule has 1 aliphatic carbocycles. The predicted octanol–water partition coefficient (Wildman–Crippen LogP) is 4.15. The Hall–Kier alpha value is -2.29. The Labute approximate surface area is 162 Å². The van der Waals surface area contributed by atoms with Gasteiger partial charge in [0.1, 0.15) is 11.5 Å². The minimum Gasteiger partial charge on any atom is -0.295 e. The molecule has 4 rings (SSSR count). The average molecular weight is 437 g/mol. The number of aromatic nitrogens is 4. The summed E-state index contributed by atoms with van der Waals surface area (Å²) in [6.07, 6.45) is 5.36. The Bertz CT molecular complexity index is 1000. The van der Waals surface area contributed by atoms with E-state index in [1.807, 2.05) is 0 Å². The highest BCUT2D eigenvalue weighted by Crippen LogP contribution is 2.32. The van der Waals surface area contributed by atoms with Gasteiger partial charge >= 0.3 is 5.76 Å². The number of halogens is 2. The van der Waals surface area contributed by atoms with Crippen molar-refractivity contribution in [2.75, 3.05) is 0 Å². The predicted molar refractivity (Wildman–Crippen MR) is 97.9 cm³/mol. The smallest absolute Gasteiger partial charge is 0.295 e. The topological polar surface area (TPSA) is 87.0 Å². The first-order valence-corrected chi connectivity index (χ1v) is 9.68. The molecule has 3 aromatic rings. The van der Waals surface area contributed by atoms with Gasteiger partial charge in [-0.25, -0.2) is 18.4 Å². The summed E-state index contributed by atoms with van der Waals surface area (Å²) >= 11 is 3.13. The largest absolute Gasteiger partial charge is 0.446 e. The van der Waals surface area contributed by atoms with Crippen molar-refractivity contribution < 1.29 is 13.5 Å². The van der Waals surface area contributed by atoms with Gasteiger partial charge in [0.15, 0.2) is 5.69 Å². The van der Waals surface area contributed by atoms with Crippen molar-refractivity contribution in [2.24, 2.45) is 11.8 Å². The minimum atomic E-state index is -0.691. The van der Waals surface area contributed by atoms with Crippen LogP contribution in [0.1, 0.15) is 38.3 Å². The SMILES string of the molecule is CC1CCC(Cc2nonc2-c2noc(=O)n2-c2ccc(F)c(Br)c2)CC1. The second kappa shape index (κ2) is 7.38. The third kappa shape index (κ3) is 3.60. The van der Waals surface area contributed by atoms with Crippen LogP contribution in [0.2, 0.25) is 0 Å². The van der Waals surface area contributed by atoms with Gasteiger partial charge in [-0.2, -0.15) is 0 Å². The number of rotatable bonds is 4. The fourth-order valence-electron chi connectivity index (χ4n) is 3.57. The summed E-state index contributed by atoms with van der Waals surface area (Å²) in [6.45, 7) is 2.27. The van der Waals surface area contributed by atoms with Crippen molar-refractivity contribution in [3.63, 3.8) is 0 Å². The molecule has 0 amide bonds. The molecular formula is C18H18BrFN4O3. The molecule has 0 aliphatic heterocycles. The molecule has 1 aliphatic rings. The van der Waals surface area contributed by atoms with Crippen molar-refractivity contribution in [3.8, 4) is 17.2 Å². The molecule has 1 aromatic carbocycles. The van der Waals surface area contributed by atoms with E-state index < -0.39 is 11.6 Å². The van der Waals surface area contributed by atoms with E-state index >= 15 is 0 Å². The molecule has 142 valence electrons. The standard InChI is InChI=1S/C18H18BrFN4O3/c1-10-2-4-11(5-3-10)8-15-16(22-27-21-15)17-23-26-18(25)24(17)12-6-7-14(20)13(19)9-12/h6-7,9-11H,2-5,8H2,1H3. The van der Waals surface area contributed by atoms with Gasteiger partial charge in [0.2, 0.25) is 5.82 Å². The molecule has 0 N–H and O–H groups in total. The van der Waals surface area contributed by atoms with E-state index in [4.69, 9.17) is 9.15 Å². The number of nitrogens with zero attached hydrogens (tertiary/aromatic N) is 4. The fraction of sp³-hybridized carbons (Fsp3) is 0.444. The van der Waals surface area contributed by atoms with Crippen LogP contribution < -0.4 is 5.76 Å². The molecule has 9 heteroatoms. The lowest BCUT2D eigenvalue weighted by molar-refractivity contribution is 0.275. The van der Waals surface area contributed by atoms with Crippen LogP contribution in [0.5, 0.6) is 0 Å². The van der Waals surface area contributed by atoms with Crippen LogP contribution in [0.25, 0.3) is 17.2 Å². The molecule has 1 fully saturated rings. The van der Waals surface area contributed by atoms with Gasteiger partial charge in [-0.05, 0) is 70.4 Å². The first-order chi connectivity index (χ1) is 13.0. The Morgan fingerprint density at radius 1 is 1.22 bits per heavy atom. The summed E-state index contributed by atoms with van der Waals surface area (Å²) in [5.74, 6) is 0.329. The van der Waals surface area contributed by atoms with Crippen LogP contribution in [-0.2, 0) is 6.42 Å². The first-order valence-electron chi connectivity index (χ1n) is 8.89. The Morgan fingerprint density at radius 3 is 2.74 bits per heavy atom. The minimum absolute atomic E-state index is 0.193. The van der Waals surface area contributed by atoms with E-state index in [0.29, 0.717) is 29.4 Å². The summed E-state index contributed by atoms with van der Waals surface area (Å²) < 4.78 is 24.8. The van der Waals surface area contributed by atoms with E-state index in [1.54, 1.807) is 0 Å². The van der Waals surface area contributed by atoms with Gasteiger partial charge in [0.25, 0.3) is 0 Å². The second-order valence-corrected chi connectivity index (χ2v) is 7.95. The molecule has 1 saturated carbocycles. The van der Waals surface area contributed by atoms with E-state index in [9.17, 15) is 9.18 Å². The van der Waals surface area contributed by atoms with Crippen molar-refractivity contribution in [1.29, 1.82) is 0 Å². The average Bonchev–Trinajstić information content (AvgIpc) is 3.25. The highest BCUT2D eigenvalue weighted by atomic mass is 79.9. The maximum Gasteiger partial charge on any atom is 0.446 e. The molecule has 0 bridgehead atoms. The molecule has 2 aromatic heterocycles. The number of benzene rings is 1. The van der Waals surface area contributed by atoms with Gasteiger partial charge in [-0.1, -0.05) is 30.1 Å². The summed E-state index contributed by atoms with van der Waals surface area (Å²) in [5, 5.41) is 11.8. The lowest BCUT2D eigenvalue weighted by Gasteiger charge is -2.25. The van der Waals surface area contributed by atoms with Crippen molar-refractivity contribution in [2.45, 2.75) is 39.0 Å². The van der Waals surface area contributed by atoms with Gasteiger partial charge in [-0.3, -0.25) is 4.52 Å². The van der Waals surface area contributed by atoms with E-state index in [2.05, 4.69) is 38.3 Å². The zero-order chi connectivity index (χ0) is 19.0. The normalized spacial score (nSPS) is 20.1. The molecule has 2 heterocycles. The van der Waals surface area contributed by atoms with Crippen LogP contribution in [0, 0.1) is 17.7 Å². The molecule has 0 saturated heterocycles. The van der Waals surface area contributed by atoms with Crippen LogP contribution in [0.4, 0.5) is 4.39 Å². The van der Waals surface area contributed by atoms with Crippen molar-refractivity contribution in [3.05, 3.63) is 44.7 Å². The zero-order valence-electron chi connectivity index (χ0n) is 14.7. The maximum atomic E-state index is 13.6. The number of hydrogen-bond donors (Lipinski definition) is 0. The third-order valence-electron chi connectivity index (χ3n) is 5.15. The Kier molecular flexibility index (Phi) is 4.94. The summed E-state index contributed by atoms with van der Waals surface area (Å²) in [6, 6.07) is 4.21. The van der Waals surface area contributed by atoms with Crippen LogP contribution in [-0.4, -0.2) is 20.0 Å². The number of hydrogen-bond acceptors (Lipinski definition) is 6. The quantitative estimate of drug-likeness (QED) is 0.610. The Balaban J connectivity index is 1.68. The highest BCUT2D eigenvalue weighted by molar-refractivity contribution is 9.10. The summed E-state index contributed by atoms with van der Waals surface area (Å²) in [7, 11) is 0. The van der Waals surface area contributed by atoms with E-state index in [1.165, 1.54) is 35.6 Å². The maximum absolute atomic E-state index is 13.6. The van der Waals surface area contributed by atoms with Crippen LogP contribution >= 0.6 is 15.9 Å². The van der Waals surface area contributed by atoms with Crippen molar-refractivity contribution in [1.82, 2.24) is 20.0 Å². The van der Waals surface area contributed by atoms with Crippen LogP contribution in [0.15, 0.2) is 36.6 Å². The van der Waals surface area contributed by atoms with Crippen molar-refractivity contribution >= 4 is 15.9 Å². The molecule has 0 atom stereocenters. The highest BCUT2D eigenvalue weighted by Gasteiger charge is 2.26. The van der Waals surface area contributed by atoms with Gasteiger partial charge < -0.3 is 0 Å². The summed E-state index contributed by atoms with van der Waals surface area (Å²) in [5.41, 5.74) is 1.43. The molecular weight excluding hydrogens is 419 g/mol. The molecule has 0 unspecified atom stereocenters. The van der Waals surface area contributed by atoms with E-state index in [0.717, 1.165) is 18.8 Å². The van der Waals surface area contributed by atoms with Crippen LogP contribution in [0.3, 0.4) is 0 Å². The first kappa shape index (κ1) is 18.1.